The second-order valence-electron chi connectivity index (χ2n) is 16.0. The maximum Gasteiger partial charge on any atom is 0.133 e. The number of rotatable bonds is 26. The van der Waals surface area contributed by atoms with Gasteiger partial charge in [0, 0.05) is 79.3 Å². The molecule has 6 aromatic rings. The summed E-state index contributed by atoms with van der Waals surface area (Å²) in [5.41, 5.74) is 6.86. The van der Waals surface area contributed by atoms with Gasteiger partial charge in [-0.3, -0.25) is 0 Å². The van der Waals surface area contributed by atoms with Gasteiger partial charge in [-0.15, -0.1) is 22.7 Å². The predicted octanol–water partition coefficient (Wildman–Crippen LogP) is 16.7. The van der Waals surface area contributed by atoms with E-state index in [-0.39, 0.29) is 11.6 Å². The van der Waals surface area contributed by atoms with Crippen molar-refractivity contribution >= 4 is 56.8 Å². The summed E-state index contributed by atoms with van der Waals surface area (Å²) >= 11 is 4.37. The van der Waals surface area contributed by atoms with E-state index >= 15 is 8.78 Å². The molecule has 316 valence electrons. The largest absolute Gasteiger partial charge is 0.371 e. The van der Waals surface area contributed by atoms with Crippen LogP contribution in [0.25, 0.3) is 52.8 Å². The molecule has 3 aromatic heterocycles. The van der Waals surface area contributed by atoms with Crippen LogP contribution in [0.4, 0.5) is 20.2 Å². The van der Waals surface area contributed by atoms with Crippen molar-refractivity contribution in [2.45, 2.75) is 130 Å². The minimum atomic E-state index is -0.180. The van der Waals surface area contributed by atoms with Crippen LogP contribution in [0, 0.1) is 11.6 Å². The molecule has 0 radical (unpaired) electrons. The molecule has 59 heavy (non-hydrogen) atoms. The molecule has 0 amide bonds. The maximum absolute atomic E-state index is 15.9. The van der Waals surface area contributed by atoms with Crippen molar-refractivity contribution in [1.82, 2.24) is 8.75 Å². The van der Waals surface area contributed by atoms with Gasteiger partial charge < -0.3 is 9.80 Å². The molecule has 9 heteroatoms. The van der Waals surface area contributed by atoms with Gasteiger partial charge in [-0.1, -0.05) is 117 Å². The van der Waals surface area contributed by atoms with Crippen LogP contribution in [-0.2, 0) is 0 Å². The Morgan fingerprint density at radius 3 is 1.05 bits per heavy atom. The Balaban J connectivity index is 1.18. The van der Waals surface area contributed by atoms with E-state index in [1.54, 1.807) is 34.8 Å². The molecule has 3 aromatic carbocycles. The van der Waals surface area contributed by atoms with Gasteiger partial charge in [-0.05, 0) is 86.3 Å². The Labute approximate surface area is 365 Å². The summed E-state index contributed by atoms with van der Waals surface area (Å²) in [5.74, 6) is -0.360. The molecule has 0 N–H and O–H groups in total. The lowest BCUT2D eigenvalue weighted by atomic mass is 10.1. The third-order valence-corrected chi connectivity index (χ3v) is 14.3. The fourth-order valence-electron chi connectivity index (χ4n) is 7.98. The predicted molar refractivity (Wildman–Crippen MR) is 256 cm³/mol. The van der Waals surface area contributed by atoms with Crippen molar-refractivity contribution in [2.75, 3.05) is 36.0 Å². The lowest BCUT2D eigenvalue weighted by Crippen LogP contribution is -2.25. The summed E-state index contributed by atoms with van der Waals surface area (Å²) in [6.07, 6.45) is 19.2. The van der Waals surface area contributed by atoms with E-state index in [4.69, 9.17) is 8.75 Å². The number of fused-ring (bicyclic) bond motifs is 1. The summed E-state index contributed by atoms with van der Waals surface area (Å²) in [6, 6.07) is 24.0. The zero-order valence-corrected chi connectivity index (χ0v) is 38.3. The number of nitrogens with zero attached hydrogens (tertiary/aromatic N) is 4. The molecule has 0 aliphatic heterocycles. The number of hydrogen-bond donors (Lipinski definition) is 0. The highest BCUT2D eigenvalue weighted by atomic mass is 32.1. The first-order valence-electron chi connectivity index (χ1n) is 22.5. The second kappa shape index (κ2) is 23.4. The third kappa shape index (κ3) is 12.0. The normalized spacial score (nSPS) is 11.6. The molecule has 3 heterocycles. The number of benzene rings is 3. The topological polar surface area (TPSA) is 32.3 Å². The van der Waals surface area contributed by atoms with Gasteiger partial charge in [-0.25, -0.2) is 8.78 Å². The Kier molecular flexibility index (Phi) is 17.8. The van der Waals surface area contributed by atoms with Crippen molar-refractivity contribution in [1.29, 1.82) is 0 Å². The summed E-state index contributed by atoms with van der Waals surface area (Å²) in [5, 5.41) is 0. The highest BCUT2D eigenvalue weighted by Crippen LogP contribution is 2.43. The van der Waals surface area contributed by atoms with Gasteiger partial charge in [0.05, 0.1) is 11.7 Å². The van der Waals surface area contributed by atoms with Crippen molar-refractivity contribution in [2.24, 2.45) is 0 Å². The van der Waals surface area contributed by atoms with Crippen LogP contribution in [0.15, 0.2) is 72.8 Å². The van der Waals surface area contributed by atoms with Crippen LogP contribution in [0.1, 0.15) is 130 Å². The molecule has 6 rings (SSSR count). The van der Waals surface area contributed by atoms with Crippen LogP contribution in [0.3, 0.4) is 0 Å². The van der Waals surface area contributed by atoms with Crippen LogP contribution in [0.2, 0.25) is 0 Å². The first kappa shape index (κ1) is 44.9. The summed E-state index contributed by atoms with van der Waals surface area (Å²) < 4.78 is 41.3. The van der Waals surface area contributed by atoms with Crippen molar-refractivity contribution in [3.8, 4) is 41.8 Å². The summed E-state index contributed by atoms with van der Waals surface area (Å²) in [7, 11) is 0. The average molecular weight is 855 g/mol. The first-order valence-corrected chi connectivity index (χ1v) is 24.9. The van der Waals surface area contributed by atoms with Gasteiger partial charge >= 0.3 is 0 Å². The molecule has 0 saturated heterocycles. The Morgan fingerprint density at radius 1 is 0.407 bits per heavy atom. The zero-order chi connectivity index (χ0) is 41.4. The molecular formula is C50H64F2N4S3. The Hall–Kier alpha value is -3.66. The fraction of sp³-hybridized carbons (Fsp3) is 0.480. The van der Waals surface area contributed by atoms with Crippen LogP contribution in [0.5, 0.6) is 0 Å². The molecule has 0 unspecified atom stereocenters. The van der Waals surface area contributed by atoms with Gasteiger partial charge in [-0.2, -0.15) is 8.75 Å². The van der Waals surface area contributed by atoms with Crippen molar-refractivity contribution < 1.29 is 8.78 Å². The van der Waals surface area contributed by atoms with Gasteiger partial charge in [0.15, 0.2) is 0 Å². The average Bonchev–Trinajstić information content (AvgIpc) is 4.05. The van der Waals surface area contributed by atoms with Crippen LogP contribution < -0.4 is 9.80 Å². The fourth-order valence-corrected chi connectivity index (χ4v) is 10.7. The Morgan fingerprint density at radius 2 is 0.729 bits per heavy atom. The van der Waals surface area contributed by atoms with Crippen LogP contribution in [-0.4, -0.2) is 34.9 Å². The number of aromatic nitrogens is 2. The maximum atomic E-state index is 15.9. The molecular weight excluding hydrogens is 791 g/mol. The highest BCUT2D eigenvalue weighted by Gasteiger charge is 2.19. The highest BCUT2D eigenvalue weighted by molar-refractivity contribution is 7.19. The number of anilines is 2. The molecule has 0 fully saturated rings. The van der Waals surface area contributed by atoms with E-state index in [1.165, 1.54) is 88.8 Å². The number of unbranched alkanes of at least 4 members (excludes halogenated alkanes) is 12. The third-order valence-electron chi connectivity index (χ3n) is 11.5. The van der Waals surface area contributed by atoms with Gasteiger partial charge in [0.25, 0.3) is 0 Å². The molecule has 0 bridgehead atoms. The van der Waals surface area contributed by atoms with Crippen LogP contribution >= 0.6 is 34.4 Å². The lowest BCUT2D eigenvalue weighted by molar-refractivity contribution is 0.603. The van der Waals surface area contributed by atoms with E-state index in [9.17, 15) is 0 Å². The molecule has 0 saturated carbocycles. The number of thiophene rings is 2. The molecule has 4 nitrogen and oxygen atoms in total. The monoisotopic (exact) mass is 854 g/mol. The SMILES string of the molecule is CCCCCCN(CCCCCC)c1ccc(-c2ccc(-c3ccc(-c4ccc(-c5ccc(N(CCCCCC)CCCCCC)cc5F)s4)c4nsnc34)s2)c(F)c1. The molecule has 0 atom stereocenters. The summed E-state index contributed by atoms with van der Waals surface area (Å²) in [6.45, 7) is 12.8. The van der Waals surface area contributed by atoms with E-state index < -0.39 is 0 Å². The van der Waals surface area contributed by atoms with E-state index in [0.717, 1.165) is 105 Å². The van der Waals surface area contributed by atoms with Gasteiger partial charge in [0.2, 0.25) is 0 Å². The van der Waals surface area contributed by atoms with E-state index in [0.29, 0.717) is 11.1 Å². The lowest BCUT2D eigenvalue weighted by Gasteiger charge is -2.25. The van der Waals surface area contributed by atoms with Gasteiger partial charge in [0.1, 0.15) is 22.7 Å². The molecule has 0 spiro atoms. The van der Waals surface area contributed by atoms with Crippen molar-refractivity contribution in [3.05, 3.63) is 84.4 Å². The van der Waals surface area contributed by atoms with Crippen molar-refractivity contribution in [3.63, 3.8) is 0 Å². The quantitative estimate of drug-likeness (QED) is 0.0509. The Bertz CT molecular complexity index is 2000. The van der Waals surface area contributed by atoms with E-state index in [1.807, 2.05) is 24.3 Å². The zero-order valence-electron chi connectivity index (χ0n) is 35.8. The standard InChI is InChI=1S/C50H64F2N4S3/c1-5-9-13-17-31-55(32-18-14-10-6-2)37-21-23-39(43(51)35-37)45-27-29-47(57-45)41-25-26-42(50-49(41)53-59-54-50)48-30-28-46(58-48)40-24-22-38(36-44(40)52)56(33-19-15-11-7-3)34-20-16-12-8-4/h21-30,35-36H,5-20,31-34H2,1-4H3. The first-order chi connectivity index (χ1) is 28.9. The minimum Gasteiger partial charge on any atom is -0.371 e. The second-order valence-corrected chi connectivity index (χ2v) is 18.7. The number of hydrogen-bond acceptors (Lipinski definition) is 7. The molecule has 0 aliphatic carbocycles. The van der Waals surface area contributed by atoms with E-state index in [2.05, 4.69) is 73.9 Å². The number of halogens is 2. The minimum absolute atomic E-state index is 0.180. The smallest absolute Gasteiger partial charge is 0.133 e. The molecule has 0 aliphatic rings. The summed E-state index contributed by atoms with van der Waals surface area (Å²) in [4.78, 5) is 8.62.